The summed E-state index contributed by atoms with van der Waals surface area (Å²) >= 11 is 0. The van der Waals surface area contributed by atoms with Crippen LogP contribution in [0, 0.1) is 5.41 Å². The van der Waals surface area contributed by atoms with Crippen molar-refractivity contribution in [3.05, 3.63) is 0 Å². The van der Waals surface area contributed by atoms with Crippen LogP contribution in [0.5, 0.6) is 0 Å². The molecule has 21 heavy (non-hydrogen) atoms. The van der Waals surface area contributed by atoms with E-state index in [0.717, 1.165) is 0 Å². The van der Waals surface area contributed by atoms with Crippen molar-refractivity contribution in [3.63, 3.8) is 0 Å². The molecule has 1 fully saturated rings. The van der Waals surface area contributed by atoms with E-state index in [4.69, 9.17) is 14.4 Å². The van der Waals surface area contributed by atoms with Gasteiger partial charge in [0.05, 0.1) is 25.8 Å². The normalized spacial score (nSPS) is 23.8. The zero-order valence-electron chi connectivity index (χ0n) is 12.5. The standard InChI is InChI=1S/C12H24BNO7/c1-12(2,3)11(19)14-6-13-20-5-8(21-13)10(18)9(17)7(16)4-15/h7-10,15-18H,4-6H2,1-3H3,(H,14,19). The number of hydrogen-bond donors (Lipinski definition) is 5. The zero-order valence-corrected chi connectivity index (χ0v) is 12.5. The Bertz CT molecular complexity index is 349. The Morgan fingerprint density at radius 2 is 2.00 bits per heavy atom. The molecular formula is C12H24BNO7. The van der Waals surface area contributed by atoms with Crippen LogP contribution in [0.1, 0.15) is 20.8 Å². The fourth-order valence-electron chi connectivity index (χ4n) is 1.76. The fraction of sp³-hybridized carbons (Fsp3) is 0.917. The average molecular weight is 305 g/mol. The third-order valence-electron chi connectivity index (χ3n) is 3.20. The van der Waals surface area contributed by atoms with Crippen molar-refractivity contribution >= 4 is 13.0 Å². The highest BCUT2D eigenvalue weighted by Crippen LogP contribution is 2.17. The van der Waals surface area contributed by atoms with Crippen molar-refractivity contribution in [2.45, 2.75) is 45.2 Å². The van der Waals surface area contributed by atoms with Crippen LogP contribution in [-0.4, -0.2) is 77.5 Å². The summed E-state index contributed by atoms with van der Waals surface area (Å²) in [5.74, 6) is -0.158. The Hall–Kier alpha value is -0.705. The van der Waals surface area contributed by atoms with Crippen molar-refractivity contribution in [1.29, 1.82) is 0 Å². The van der Waals surface area contributed by atoms with E-state index in [2.05, 4.69) is 5.32 Å². The van der Waals surface area contributed by atoms with E-state index in [-0.39, 0.29) is 19.0 Å². The summed E-state index contributed by atoms with van der Waals surface area (Å²) in [4.78, 5) is 11.7. The van der Waals surface area contributed by atoms with Gasteiger partial charge >= 0.3 is 7.12 Å². The van der Waals surface area contributed by atoms with Gasteiger partial charge in [-0.2, -0.15) is 0 Å². The lowest BCUT2D eigenvalue weighted by Gasteiger charge is -2.25. The molecule has 0 aliphatic carbocycles. The highest BCUT2D eigenvalue weighted by molar-refractivity contribution is 6.45. The molecule has 1 aliphatic rings. The van der Waals surface area contributed by atoms with E-state index in [0.29, 0.717) is 0 Å². The van der Waals surface area contributed by atoms with Crippen LogP contribution >= 0.6 is 0 Å². The smallest absolute Gasteiger partial charge is 0.407 e. The van der Waals surface area contributed by atoms with Crippen molar-refractivity contribution in [1.82, 2.24) is 5.32 Å². The molecule has 9 heteroatoms. The maximum absolute atomic E-state index is 11.7. The van der Waals surface area contributed by atoms with E-state index < -0.39 is 43.6 Å². The molecule has 1 amide bonds. The minimum atomic E-state index is -1.54. The molecule has 1 saturated heterocycles. The molecular weight excluding hydrogens is 281 g/mol. The van der Waals surface area contributed by atoms with Gasteiger partial charge in [0.25, 0.3) is 0 Å². The summed E-state index contributed by atoms with van der Waals surface area (Å²) in [7, 11) is -0.727. The second kappa shape index (κ2) is 7.53. The van der Waals surface area contributed by atoms with E-state index >= 15 is 0 Å². The molecule has 0 saturated carbocycles. The van der Waals surface area contributed by atoms with Gasteiger partial charge < -0.3 is 35.1 Å². The molecule has 4 unspecified atom stereocenters. The van der Waals surface area contributed by atoms with E-state index in [1.165, 1.54) is 0 Å². The number of amides is 1. The number of carbonyl (C=O) groups excluding carboxylic acids is 1. The Morgan fingerprint density at radius 3 is 2.52 bits per heavy atom. The summed E-state index contributed by atoms with van der Waals surface area (Å²) in [5.41, 5.74) is -0.529. The maximum atomic E-state index is 11.7. The number of nitrogens with one attached hydrogen (secondary N) is 1. The molecule has 4 atom stereocenters. The van der Waals surface area contributed by atoms with E-state index in [1.54, 1.807) is 20.8 Å². The molecule has 0 radical (unpaired) electrons. The minimum Gasteiger partial charge on any atom is -0.407 e. The first-order chi connectivity index (χ1) is 9.66. The van der Waals surface area contributed by atoms with Crippen LogP contribution in [0.15, 0.2) is 0 Å². The SMILES string of the molecule is CC(C)(C)C(=O)NCB1OCC(C(O)C(O)C(O)CO)O1. The minimum absolute atomic E-state index is 0.0203. The van der Waals surface area contributed by atoms with Gasteiger partial charge in [-0.15, -0.1) is 0 Å². The second-order valence-corrected chi connectivity index (χ2v) is 6.13. The number of aliphatic hydroxyl groups excluding tert-OH is 4. The van der Waals surface area contributed by atoms with Crippen molar-refractivity contribution < 1.29 is 34.5 Å². The van der Waals surface area contributed by atoms with Crippen molar-refractivity contribution in [2.24, 2.45) is 5.41 Å². The molecule has 0 aromatic heterocycles. The molecule has 0 aromatic rings. The Kier molecular flexibility index (Phi) is 6.57. The third-order valence-corrected chi connectivity index (χ3v) is 3.20. The monoisotopic (exact) mass is 305 g/mol. The van der Waals surface area contributed by atoms with Crippen molar-refractivity contribution in [2.75, 3.05) is 19.7 Å². The molecule has 8 nitrogen and oxygen atoms in total. The zero-order chi connectivity index (χ0) is 16.2. The predicted molar refractivity (Wildman–Crippen MR) is 74.1 cm³/mol. The van der Waals surface area contributed by atoms with Crippen molar-refractivity contribution in [3.8, 4) is 0 Å². The molecule has 0 bridgehead atoms. The number of carbonyl (C=O) groups is 1. The Balaban J connectivity index is 2.40. The molecule has 122 valence electrons. The third kappa shape index (κ3) is 5.21. The van der Waals surface area contributed by atoms with Gasteiger partial charge in [-0.1, -0.05) is 20.8 Å². The van der Waals surface area contributed by atoms with Crippen LogP contribution in [0.4, 0.5) is 0 Å². The first kappa shape index (κ1) is 18.3. The van der Waals surface area contributed by atoms with E-state index in [1.807, 2.05) is 0 Å². The maximum Gasteiger partial charge on any atom is 0.477 e. The van der Waals surface area contributed by atoms with Gasteiger partial charge in [-0.05, 0) is 0 Å². The van der Waals surface area contributed by atoms with Gasteiger partial charge in [0.2, 0.25) is 5.91 Å². The van der Waals surface area contributed by atoms with Gasteiger partial charge in [0.15, 0.2) is 0 Å². The first-order valence-electron chi connectivity index (χ1n) is 6.87. The number of rotatable bonds is 6. The Labute approximate surface area is 124 Å². The van der Waals surface area contributed by atoms with Gasteiger partial charge in [-0.25, -0.2) is 0 Å². The number of hydrogen-bond acceptors (Lipinski definition) is 7. The molecule has 1 heterocycles. The number of aliphatic hydroxyl groups is 4. The molecule has 1 aliphatic heterocycles. The molecule has 1 rings (SSSR count). The highest BCUT2D eigenvalue weighted by Gasteiger charge is 2.40. The van der Waals surface area contributed by atoms with Crippen LogP contribution < -0.4 is 5.32 Å². The van der Waals surface area contributed by atoms with Gasteiger partial charge in [0.1, 0.15) is 18.3 Å². The Morgan fingerprint density at radius 1 is 1.38 bits per heavy atom. The van der Waals surface area contributed by atoms with Crippen LogP contribution in [0.25, 0.3) is 0 Å². The van der Waals surface area contributed by atoms with Crippen LogP contribution in [0.2, 0.25) is 0 Å². The quantitative estimate of drug-likeness (QED) is 0.348. The highest BCUT2D eigenvalue weighted by atomic mass is 16.6. The van der Waals surface area contributed by atoms with E-state index in [9.17, 15) is 20.1 Å². The summed E-state index contributed by atoms with van der Waals surface area (Å²) in [6, 6.07) is 0. The molecule has 5 N–H and O–H groups in total. The van der Waals surface area contributed by atoms with Gasteiger partial charge in [0, 0.05) is 5.41 Å². The summed E-state index contributed by atoms with van der Waals surface area (Å²) < 4.78 is 10.6. The largest absolute Gasteiger partial charge is 0.477 e. The van der Waals surface area contributed by atoms with Crippen LogP contribution in [0.3, 0.4) is 0 Å². The first-order valence-corrected chi connectivity index (χ1v) is 6.87. The average Bonchev–Trinajstić information content (AvgIpc) is 2.89. The fourth-order valence-corrected chi connectivity index (χ4v) is 1.76. The second-order valence-electron chi connectivity index (χ2n) is 6.13. The lowest BCUT2D eigenvalue weighted by Crippen LogP contribution is -2.47. The predicted octanol–water partition coefficient (Wildman–Crippen LogP) is -2.33. The summed E-state index contributed by atoms with van der Waals surface area (Å²) in [6.45, 7) is 4.68. The lowest BCUT2D eigenvalue weighted by molar-refractivity contribution is -0.128. The topological polar surface area (TPSA) is 128 Å². The summed E-state index contributed by atoms with van der Waals surface area (Å²) in [5, 5.41) is 40.1. The lowest BCUT2D eigenvalue weighted by atomic mass is 9.89. The summed E-state index contributed by atoms with van der Waals surface area (Å²) in [6.07, 6.45) is -5.10. The van der Waals surface area contributed by atoms with Gasteiger partial charge in [-0.3, -0.25) is 4.79 Å². The molecule has 0 spiro atoms. The molecule has 0 aromatic carbocycles. The van der Waals surface area contributed by atoms with Crippen LogP contribution in [-0.2, 0) is 14.1 Å².